The van der Waals surface area contributed by atoms with Gasteiger partial charge in [0, 0.05) is 18.6 Å². The Balaban J connectivity index is 1.64. The Labute approximate surface area is 104 Å². The molecular weight excluding hydrogens is 210 g/mol. The van der Waals surface area contributed by atoms with E-state index in [1.165, 1.54) is 57.3 Å². The number of guanidine groups is 1. The maximum Gasteiger partial charge on any atom is 0.194 e. The van der Waals surface area contributed by atoms with E-state index in [9.17, 15) is 0 Å². The van der Waals surface area contributed by atoms with Gasteiger partial charge in [-0.1, -0.05) is 25.7 Å². The molecule has 2 aliphatic heterocycles. The molecule has 0 spiro atoms. The summed E-state index contributed by atoms with van der Waals surface area (Å²) in [6.07, 6.45) is 11.3. The van der Waals surface area contributed by atoms with Crippen molar-refractivity contribution in [1.29, 1.82) is 0 Å². The van der Waals surface area contributed by atoms with E-state index in [2.05, 4.69) is 10.2 Å². The van der Waals surface area contributed by atoms with E-state index >= 15 is 0 Å². The van der Waals surface area contributed by atoms with Gasteiger partial charge >= 0.3 is 0 Å². The molecule has 3 heteroatoms. The maximum absolute atomic E-state index is 4.83. The number of nitrogens with zero attached hydrogens (tertiary/aromatic N) is 2. The van der Waals surface area contributed by atoms with Gasteiger partial charge in [-0.15, -0.1) is 0 Å². The molecule has 1 saturated heterocycles. The van der Waals surface area contributed by atoms with E-state index in [0.717, 1.165) is 24.5 Å². The van der Waals surface area contributed by atoms with E-state index in [1.807, 2.05) is 0 Å². The van der Waals surface area contributed by atoms with E-state index in [4.69, 9.17) is 4.99 Å². The van der Waals surface area contributed by atoms with Crippen molar-refractivity contribution >= 4 is 5.96 Å². The Kier molecular flexibility index (Phi) is 2.34. The molecule has 0 bridgehead atoms. The molecule has 94 valence electrons. The van der Waals surface area contributed by atoms with Crippen LogP contribution in [0.15, 0.2) is 4.99 Å². The number of rotatable bonds is 0. The molecular formula is C14H23N3. The van der Waals surface area contributed by atoms with Gasteiger partial charge in [0.2, 0.25) is 0 Å². The molecule has 2 heterocycles. The summed E-state index contributed by atoms with van der Waals surface area (Å²) in [5, 5.41) is 3.70. The largest absolute Gasteiger partial charge is 0.351 e. The van der Waals surface area contributed by atoms with Crippen molar-refractivity contribution in [2.45, 2.75) is 69.5 Å². The standard InChI is InChI=1S/C14H23N3/c1-3-7-12-10(5-1)9-15-14-16-11-6-2-4-8-13(11)17(12)14/h10-13H,1-9H2,(H,15,16). The Morgan fingerprint density at radius 2 is 1.71 bits per heavy atom. The van der Waals surface area contributed by atoms with Crippen LogP contribution in [0, 0.1) is 5.92 Å². The van der Waals surface area contributed by atoms with Crippen LogP contribution in [0.5, 0.6) is 0 Å². The highest BCUT2D eigenvalue weighted by Gasteiger charge is 2.46. The molecule has 1 N–H and O–H groups in total. The summed E-state index contributed by atoms with van der Waals surface area (Å²) in [5.41, 5.74) is 0. The predicted octanol–water partition coefficient (Wildman–Crippen LogP) is 2.13. The van der Waals surface area contributed by atoms with Gasteiger partial charge in [0.1, 0.15) is 0 Å². The zero-order chi connectivity index (χ0) is 11.2. The van der Waals surface area contributed by atoms with Crippen LogP contribution >= 0.6 is 0 Å². The first-order valence-corrected chi connectivity index (χ1v) is 7.53. The van der Waals surface area contributed by atoms with Crippen LogP contribution in [0.4, 0.5) is 0 Å². The molecule has 0 aromatic rings. The predicted molar refractivity (Wildman–Crippen MR) is 69.1 cm³/mol. The maximum atomic E-state index is 4.83. The first kappa shape index (κ1) is 10.2. The number of nitrogens with one attached hydrogen (secondary N) is 1. The fourth-order valence-electron chi connectivity index (χ4n) is 4.51. The van der Waals surface area contributed by atoms with Gasteiger partial charge in [0.05, 0.1) is 6.04 Å². The summed E-state index contributed by atoms with van der Waals surface area (Å²) in [6, 6.07) is 2.30. The summed E-state index contributed by atoms with van der Waals surface area (Å²) >= 11 is 0. The minimum atomic E-state index is 0.711. The van der Waals surface area contributed by atoms with Gasteiger partial charge in [-0.2, -0.15) is 0 Å². The fourth-order valence-corrected chi connectivity index (χ4v) is 4.51. The van der Waals surface area contributed by atoms with Crippen LogP contribution in [-0.4, -0.2) is 35.5 Å². The Hall–Kier alpha value is -0.730. The van der Waals surface area contributed by atoms with Gasteiger partial charge in [-0.05, 0) is 31.6 Å². The van der Waals surface area contributed by atoms with Crippen LogP contribution in [0.1, 0.15) is 51.4 Å². The van der Waals surface area contributed by atoms with Crippen LogP contribution in [0.25, 0.3) is 0 Å². The number of fused-ring (bicyclic) bond motifs is 5. The molecule has 4 aliphatic rings. The minimum Gasteiger partial charge on any atom is -0.351 e. The average Bonchev–Trinajstić information content (AvgIpc) is 2.77. The van der Waals surface area contributed by atoms with Gasteiger partial charge in [0.15, 0.2) is 5.96 Å². The molecule has 17 heavy (non-hydrogen) atoms. The summed E-state index contributed by atoms with van der Waals surface area (Å²) in [6.45, 7) is 1.09. The fraction of sp³-hybridized carbons (Fsp3) is 0.929. The first-order valence-electron chi connectivity index (χ1n) is 7.53. The second-order valence-corrected chi connectivity index (χ2v) is 6.29. The van der Waals surface area contributed by atoms with Crippen molar-refractivity contribution in [1.82, 2.24) is 10.2 Å². The van der Waals surface area contributed by atoms with Crippen molar-refractivity contribution in [2.75, 3.05) is 6.54 Å². The lowest BCUT2D eigenvalue weighted by molar-refractivity contribution is 0.115. The van der Waals surface area contributed by atoms with Crippen molar-refractivity contribution < 1.29 is 0 Å². The van der Waals surface area contributed by atoms with Gasteiger partial charge < -0.3 is 10.2 Å². The number of hydrogen-bond donors (Lipinski definition) is 1. The molecule has 4 unspecified atom stereocenters. The third-order valence-electron chi connectivity index (χ3n) is 5.35. The zero-order valence-electron chi connectivity index (χ0n) is 10.6. The Bertz CT molecular complexity index is 336. The van der Waals surface area contributed by atoms with E-state index in [1.54, 1.807) is 0 Å². The smallest absolute Gasteiger partial charge is 0.194 e. The van der Waals surface area contributed by atoms with Crippen LogP contribution in [0.3, 0.4) is 0 Å². The number of aliphatic imine (C=N–C) groups is 1. The molecule has 4 atom stereocenters. The zero-order valence-corrected chi connectivity index (χ0v) is 10.6. The normalized spacial score (nSPS) is 44.2. The monoisotopic (exact) mass is 233 g/mol. The summed E-state index contributed by atoms with van der Waals surface area (Å²) in [5.74, 6) is 2.11. The van der Waals surface area contributed by atoms with Crippen LogP contribution in [-0.2, 0) is 0 Å². The molecule has 0 aromatic carbocycles. The van der Waals surface area contributed by atoms with Crippen molar-refractivity contribution in [2.24, 2.45) is 10.9 Å². The quantitative estimate of drug-likeness (QED) is 0.694. The van der Waals surface area contributed by atoms with E-state index in [0.29, 0.717) is 6.04 Å². The Morgan fingerprint density at radius 1 is 0.941 bits per heavy atom. The van der Waals surface area contributed by atoms with E-state index in [-0.39, 0.29) is 0 Å². The molecule has 2 saturated carbocycles. The minimum absolute atomic E-state index is 0.711. The Morgan fingerprint density at radius 3 is 2.65 bits per heavy atom. The summed E-state index contributed by atoms with van der Waals surface area (Å²) < 4.78 is 0. The van der Waals surface area contributed by atoms with Crippen molar-refractivity contribution in [3.8, 4) is 0 Å². The summed E-state index contributed by atoms with van der Waals surface area (Å²) in [4.78, 5) is 7.54. The molecule has 0 amide bonds. The molecule has 3 nitrogen and oxygen atoms in total. The van der Waals surface area contributed by atoms with Crippen LogP contribution in [0.2, 0.25) is 0 Å². The first-order chi connectivity index (χ1) is 8.43. The van der Waals surface area contributed by atoms with Crippen molar-refractivity contribution in [3.63, 3.8) is 0 Å². The van der Waals surface area contributed by atoms with Gasteiger partial charge in [-0.25, -0.2) is 0 Å². The second-order valence-electron chi connectivity index (χ2n) is 6.29. The van der Waals surface area contributed by atoms with E-state index < -0.39 is 0 Å². The average molecular weight is 233 g/mol. The summed E-state index contributed by atoms with van der Waals surface area (Å²) in [7, 11) is 0. The van der Waals surface area contributed by atoms with Crippen molar-refractivity contribution in [3.05, 3.63) is 0 Å². The van der Waals surface area contributed by atoms with Gasteiger partial charge in [0.25, 0.3) is 0 Å². The third kappa shape index (κ3) is 1.50. The molecule has 3 fully saturated rings. The lowest BCUT2D eigenvalue weighted by Crippen LogP contribution is -2.52. The highest BCUT2D eigenvalue weighted by molar-refractivity contribution is 5.84. The molecule has 0 radical (unpaired) electrons. The second kappa shape index (κ2) is 3.89. The SMILES string of the molecule is C1CCC2C(C1)CN=C1NC3CCCCC3N12. The van der Waals surface area contributed by atoms with Crippen LogP contribution < -0.4 is 5.32 Å². The lowest BCUT2D eigenvalue weighted by Gasteiger charge is -2.44. The molecule has 2 aliphatic carbocycles. The van der Waals surface area contributed by atoms with Gasteiger partial charge in [-0.3, -0.25) is 4.99 Å². The topological polar surface area (TPSA) is 27.6 Å². The third-order valence-corrected chi connectivity index (χ3v) is 5.35. The number of hydrogen-bond acceptors (Lipinski definition) is 3. The molecule has 0 aromatic heterocycles. The molecule has 4 rings (SSSR count). The lowest BCUT2D eigenvalue weighted by atomic mass is 9.81. The highest BCUT2D eigenvalue weighted by Crippen LogP contribution is 2.38. The highest BCUT2D eigenvalue weighted by atomic mass is 15.4.